The molecule has 1 atom stereocenters. The first kappa shape index (κ1) is 16.6. The van der Waals surface area contributed by atoms with Crippen LogP contribution in [0.15, 0.2) is 54.9 Å². The van der Waals surface area contributed by atoms with Crippen molar-refractivity contribution in [2.75, 3.05) is 4.90 Å². The van der Waals surface area contributed by atoms with Crippen molar-refractivity contribution in [2.24, 2.45) is 0 Å². The topological polar surface area (TPSA) is 61.9 Å². The number of imidazole rings is 1. The monoisotopic (exact) mass is 382 g/mol. The number of fused-ring (bicyclic) bond motifs is 1. The van der Waals surface area contributed by atoms with Crippen molar-refractivity contribution < 1.29 is 4.79 Å². The van der Waals surface area contributed by atoms with E-state index in [4.69, 9.17) is 28.5 Å². The second kappa shape index (κ2) is 5.87. The van der Waals surface area contributed by atoms with Gasteiger partial charge in [-0.15, -0.1) is 0 Å². The number of amides is 1. The van der Waals surface area contributed by atoms with Crippen molar-refractivity contribution in [1.82, 2.24) is 9.55 Å². The van der Waals surface area contributed by atoms with Crippen molar-refractivity contribution in [3.05, 3.63) is 76.0 Å². The van der Waals surface area contributed by atoms with Crippen LogP contribution < -0.4 is 4.90 Å². The molecule has 0 saturated heterocycles. The standard InChI is InChI=1S/C19H12Cl2N4O/c1-19(13-4-2-12(11-22)3-5-13)17(26)25(18-23-6-7-24(18)19)16-9-14(20)8-15(21)10-16/h2-10H,1H3/t19-/m1/s1. The molecule has 26 heavy (non-hydrogen) atoms. The SMILES string of the molecule is C[C@@]1(c2ccc(C#N)cc2)C(=O)N(c2cc(Cl)cc(Cl)c2)c2nccn21. The Kier molecular flexibility index (Phi) is 3.76. The van der Waals surface area contributed by atoms with Crippen molar-refractivity contribution >= 4 is 40.7 Å². The summed E-state index contributed by atoms with van der Waals surface area (Å²) >= 11 is 12.2. The highest BCUT2D eigenvalue weighted by atomic mass is 35.5. The van der Waals surface area contributed by atoms with Crippen LogP contribution in [0.2, 0.25) is 10.0 Å². The Morgan fingerprint density at radius 3 is 2.38 bits per heavy atom. The molecule has 0 unspecified atom stereocenters. The van der Waals surface area contributed by atoms with Crippen molar-refractivity contribution in [1.29, 1.82) is 5.26 Å². The molecule has 0 fully saturated rings. The summed E-state index contributed by atoms with van der Waals surface area (Å²) < 4.78 is 1.81. The van der Waals surface area contributed by atoms with Gasteiger partial charge in [-0.05, 0) is 42.8 Å². The molecule has 7 heteroatoms. The van der Waals surface area contributed by atoms with Gasteiger partial charge >= 0.3 is 0 Å². The highest BCUT2D eigenvalue weighted by molar-refractivity contribution is 6.35. The number of nitriles is 1. The average Bonchev–Trinajstić information content (AvgIpc) is 3.17. The molecule has 0 N–H and O–H groups in total. The van der Waals surface area contributed by atoms with E-state index in [0.29, 0.717) is 27.2 Å². The summed E-state index contributed by atoms with van der Waals surface area (Å²) in [5, 5.41) is 9.88. The zero-order valence-corrected chi connectivity index (χ0v) is 15.2. The lowest BCUT2D eigenvalue weighted by Gasteiger charge is -2.25. The van der Waals surface area contributed by atoms with Gasteiger partial charge in [-0.25, -0.2) is 9.88 Å². The molecule has 1 aromatic heterocycles. The van der Waals surface area contributed by atoms with Gasteiger partial charge < -0.3 is 0 Å². The maximum atomic E-state index is 13.4. The zero-order valence-electron chi connectivity index (χ0n) is 13.6. The lowest BCUT2D eigenvalue weighted by molar-refractivity contribution is -0.122. The molecule has 0 bridgehead atoms. The van der Waals surface area contributed by atoms with E-state index < -0.39 is 5.54 Å². The van der Waals surface area contributed by atoms with Crippen LogP contribution in [0.5, 0.6) is 0 Å². The molecule has 4 rings (SSSR count). The molecule has 0 spiro atoms. The molecule has 0 aliphatic carbocycles. The Morgan fingerprint density at radius 2 is 1.77 bits per heavy atom. The molecule has 1 aliphatic rings. The van der Waals surface area contributed by atoms with Crippen LogP contribution in [0.1, 0.15) is 18.1 Å². The lowest BCUT2D eigenvalue weighted by atomic mass is 9.90. The number of nitrogens with zero attached hydrogens (tertiary/aromatic N) is 4. The molecule has 1 amide bonds. The quantitative estimate of drug-likeness (QED) is 0.655. The van der Waals surface area contributed by atoms with Crippen LogP contribution in [0.25, 0.3) is 0 Å². The van der Waals surface area contributed by atoms with Gasteiger partial charge in [-0.3, -0.25) is 9.36 Å². The first-order valence-corrected chi connectivity index (χ1v) is 8.56. The first-order valence-electron chi connectivity index (χ1n) is 7.80. The summed E-state index contributed by atoms with van der Waals surface area (Å²) in [5.41, 5.74) is 0.857. The number of hydrogen-bond acceptors (Lipinski definition) is 3. The van der Waals surface area contributed by atoms with Gasteiger partial charge in [0.2, 0.25) is 5.95 Å². The summed E-state index contributed by atoms with van der Waals surface area (Å²) in [6, 6.07) is 14.0. The number of hydrogen-bond donors (Lipinski definition) is 0. The van der Waals surface area contributed by atoms with Gasteiger partial charge in [0.15, 0.2) is 0 Å². The van der Waals surface area contributed by atoms with Gasteiger partial charge in [0.25, 0.3) is 5.91 Å². The number of benzene rings is 2. The van der Waals surface area contributed by atoms with Crippen molar-refractivity contribution in [2.45, 2.75) is 12.5 Å². The molecule has 0 radical (unpaired) electrons. The maximum absolute atomic E-state index is 13.4. The molecule has 3 aromatic rings. The van der Waals surface area contributed by atoms with Crippen LogP contribution in [-0.2, 0) is 10.3 Å². The van der Waals surface area contributed by atoms with E-state index in [-0.39, 0.29) is 5.91 Å². The van der Waals surface area contributed by atoms with E-state index >= 15 is 0 Å². The fourth-order valence-corrected chi connectivity index (χ4v) is 3.77. The number of halogens is 2. The Hall–Kier alpha value is -2.81. The van der Waals surface area contributed by atoms with Crippen LogP contribution in [-0.4, -0.2) is 15.5 Å². The second-order valence-electron chi connectivity index (χ2n) is 6.13. The maximum Gasteiger partial charge on any atom is 0.264 e. The largest absolute Gasteiger partial charge is 0.298 e. The molecule has 5 nitrogen and oxygen atoms in total. The summed E-state index contributed by atoms with van der Waals surface area (Å²) in [7, 11) is 0. The molecule has 1 aliphatic heterocycles. The fourth-order valence-electron chi connectivity index (χ4n) is 3.25. The summed E-state index contributed by atoms with van der Waals surface area (Å²) in [4.78, 5) is 19.3. The van der Waals surface area contributed by atoms with E-state index in [1.54, 1.807) is 54.9 Å². The minimum atomic E-state index is -0.991. The Morgan fingerprint density at radius 1 is 1.12 bits per heavy atom. The van der Waals surface area contributed by atoms with Gasteiger partial charge in [0, 0.05) is 22.4 Å². The smallest absolute Gasteiger partial charge is 0.264 e. The predicted octanol–water partition coefficient (Wildman–Crippen LogP) is 4.50. The van der Waals surface area contributed by atoms with E-state index in [0.717, 1.165) is 5.56 Å². The van der Waals surface area contributed by atoms with E-state index in [9.17, 15) is 4.79 Å². The van der Waals surface area contributed by atoms with Crippen LogP contribution in [0, 0.1) is 11.3 Å². The molecular weight excluding hydrogens is 371 g/mol. The summed E-state index contributed by atoms with van der Waals surface area (Å²) in [6.45, 7) is 1.83. The van der Waals surface area contributed by atoms with Crippen LogP contribution in [0.3, 0.4) is 0 Å². The number of anilines is 2. The number of carbonyl (C=O) groups excluding carboxylic acids is 1. The molecule has 2 heterocycles. The minimum absolute atomic E-state index is 0.177. The molecule has 2 aromatic carbocycles. The van der Waals surface area contributed by atoms with Crippen LogP contribution >= 0.6 is 23.2 Å². The Balaban J connectivity index is 1.89. The van der Waals surface area contributed by atoms with Crippen LogP contribution in [0.4, 0.5) is 11.6 Å². The fraction of sp³-hybridized carbons (Fsp3) is 0.105. The Labute approximate surface area is 160 Å². The molecular formula is C19H12Cl2N4O. The van der Waals surface area contributed by atoms with E-state index in [1.165, 1.54) is 4.90 Å². The summed E-state index contributed by atoms with van der Waals surface area (Å²) in [6.07, 6.45) is 3.40. The zero-order chi connectivity index (χ0) is 18.5. The average molecular weight is 383 g/mol. The van der Waals surface area contributed by atoms with Gasteiger partial charge in [-0.2, -0.15) is 5.26 Å². The number of aromatic nitrogens is 2. The highest BCUT2D eigenvalue weighted by Gasteiger charge is 2.49. The first-order chi connectivity index (χ1) is 12.4. The summed E-state index contributed by atoms with van der Waals surface area (Å²) in [5.74, 6) is 0.309. The van der Waals surface area contributed by atoms with E-state index in [2.05, 4.69) is 11.1 Å². The number of rotatable bonds is 2. The molecule has 128 valence electrons. The molecule has 0 saturated carbocycles. The highest BCUT2D eigenvalue weighted by Crippen LogP contribution is 2.43. The normalized spacial score (nSPS) is 18.7. The third-order valence-electron chi connectivity index (χ3n) is 4.60. The van der Waals surface area contributed by atoms with Gasteiger partial charge in [0.05, 0.1) is 17.3 Å². The number of carbonyl (C=O) groups is 1. The van der Waals surface area contributed by atoms with Crippen molar-refractivity contribution in [3.8, 4) is 6.07 Å². The Bertz CT molecular complexity index is 1050. The van der Waals surface area contributed by atoms with Gasteiger partial charge in [-0.1, -0.05) is 35.3 Å². The lowest BCUT2D eigenvalue weighted by Crippen LogP contribution is -2.39. The van der Waals surface area contributed by atoms with E-state index in [1.807, 2.05) is 11.5 Å². The van der Waals surface area contributed by atoms with Crippen molar-refractivity contribution in [3.63, 3.8) is 0 Å². The third kappa shape index (κ3) is 2.31. The second-order valence-corrected chi connectivity index (χ2v) is 7.00. The third-order valence-corrected chi connectivity index (χ3v) is 5.04. The predicted molar refractivity (Wildman–Crippen MR) is 99.7 cm³/mol. The minimum Gasteiger partial charge on any atom is -0.298 e. The van der Waals surface area contributed by atoms with Gasteiger partial charge in [0.1, 0.15) is 5.54 Å².